The highest BCUT2D eigenvalue weighted by Gasteiger charge is 2.09. The van der Waals surface area contributed by atoms with Crippen molar-refractivity contribution in [2.45, 2.75) is 12.7 Å². The Kier molecular flexibility index (Phi) is 4.42. The molecule has 0 saturated heterocycles. The van der Waals surface area contributed by atoms with Crippen LogP contribution in [0.2, 0.25) is 0 Å². The van der Waals surface area contributed by atoms with Gasteiger partial charge in [0.25, 0.3) is 0 Å². The van der Waals surface area contributed by atoms with Crippen LogP contribution in [-0.4, -0.2) is 5.37 Å². The number of hydrogen-bond donors (Lipinski definition) is 0. The van der Waals surface area contributed by atoms with Crippen LogP contribution in [0.15, 0.2) is 71.7 Å². The highest BCUT2D eigenvalue weighted by Crippen LogP contribution is 2.34. The number of rotatable bonds is 3. The molecule has 0 aromatic heterocycles. The second-order valence-corrected chi connectivity index (χ2v) is 7.16. The second kappa shape index (κ2) is 6.64. The van der Waals surface area contributed by atoms with Crippen LogP contribution in [0, 0.1) is 19.3 Å². The Morgan fingerprint density at radius 2 is 1.68 bits per heavy atom. The largest absolute Gasteiger partial charge is 0.141 e. The first-order valence-electron chi connectivity index (χ1n) is 7.30. The van der Waals surface area contributed by atoms with Crippen LogP contribution in [0.5, 0.6) is 0 Å². The molecule has 1 aliphatic rings. The van der Waals surface area contributed by atoms with Crippen molar-refractivity contribution in [1.29, 1.82) is 0 Å². The first kappa shape index (κ1) is 14.6. The molecule has 0 saturated carbocycles. The minimum absolute atomic E-state index is 0.0376. The van der Waals surface area contributed by atoms with Gasteiger partial charge < -0.3 is 0 Å². The predicted molar refractivity (Wildman–Crippen MR) is 99.9 cm³/mol. The van der Waals surface area contributed by atoms with Crippen molar-refractivity contribution in [3.63, 3.8) is 0 Å². The molecule has 0 N–H and O–H groups in total. The summed E-state index contributed by atoms with van der Waals surface area (Å²) in [6, 6.07) is 19.2. The quantitative estimate of drug-likeness (QED) is 0.541. The van der Waals surface area contributed by atoms with Crippen LogP contribution in [0.4, 0.5) is 0 Å². The minimum Gasteiger partial charge on any atom is -0.141 e. The lowest BCUT2D eigenvalue weighted by Crippen LogP contribution is -1.95. The molecule has 0 fully saturated rings. The van der Waals surface area contributed by atoms with Crippen molar-refractivity contribution in [1.82, 2.24) is 0 Å². The van der Waals surface area contributed by atoms with Gasteiger partial charge in [0.15, 0.2) is 0 Å². The van der Waals surface area contributed by atoms with Gasteiger partial charge in [0, 0.05) is 5.75 Å². The van der Waals surface area contributed by atoms with Crippen molar-refractivity contribution in [2.75, 3.05) is 0 Å². The van der Waals surface area contributed by atoms with Gasteiger partial charge in [-0.3, -0.25) is 0 Å². The van der Waals surface area contributed by atoms with E-state index in [1.54, 1.807) is 0 Å². The molecule has 2 aromatic rings. The third-order valence-electron chi connectivity index (χ3n) is 3.66. The molecule has 0 spiro atoms. The maximum atomic E-state index is 5.69. The van der Waals surface area contributed by atoms with Gasteiger partial charge in [-0.2, -0.15) is 0 Å². The molecule has 2 aromatic carbocycles. The van der Waals surface area contributed by atoms with Crippen molar-refractivity contribution < 1.29 is 0 Å². The van der Waals surface area contributed by atoms with Crippen LogP contribution in [-0.2, 0) is 5.75 Å². The first-order valence-corrected chi connectivity index (χ1v) is 8.76. The van der Waals surface area contributed by atoms with Gasteiger partial charge in [0.2, 0.25) is 0 Å². The number of terminal acetylenes is 1. The van der Waals surface area contributed by atoms with E-state index >= 15 is 0 Å². The zero-order valence-corrected chi connectivity index (χ0v) is 13.4. The molecule has 0 amide bonds. The van der Waals surface area contributed by atoms with E-state index in [1.165, 1.54) is 22.3 Å². The fourth-order valence-corrected chi connectivity index (χ4v) is 4.25. The van der Waals surface area contributed by atoms with Crippen LogP contribution in [0.25, 0.3) is 5.57 Å². The lowest BCUT2D eigenvalue weighted by Gasteiger charge is -2.15. The Labute approximate surface area is 135 Å². The predicted octanol–water partition coefficient (Wildman–Crippen LogP) is 5.18. The summed E-state index contributed by atoms with van der Waals surface area (Å²) in [5.74, 6) is 3.83. The smallest absolute Gasteiger partial charge is 0.0520 e. The highest BCUT2D eigenvalue weighted by molar-refractivity contribution is 8.18. The zero-order valence-electron chi connectivity index (χ0n) is 12.6. The van der Waals surface area contributed by atoms with Crippen molar-refractivity contribution >= 4 is 21.4 Å². The Balaban J connectivity index is 1.94. The van der Waals surface area contributed by atoms with Gasteiger partial charge in [0.1, 0.15) is 0 Å². The SMILES string of the molecule is C#CC1=CC=C(c2ccc(C)cc2)C=S1Cc1ccccc1. The lowest BCUT2D eigenvalue weighted by molar-refractivity contribution is 1.42. The molecule has 22 heavy (non-hydrogen) atoms. The van der Waals surface area contributed by atoms with E-state index in [0.717, 1.165) is 10.7 Å². The van der Waals surface area contributed by atoms with Crippen LogP contribution >= 0.6 is 10.5 Å². The van der Waals surface area contributed by atoms with Gasteiger partial charge in [0.05, 0.1) is 4.91 Å². The molecule has 1 heteroatoms. The Hall–Kier alpha value is -2.30. The monoisotopic (exact) mass is 302 g/mol. The van der Waals surface area contributed by atoms with E-state index in [0.29, 0.717) is 0 Å². The molecule has 3 rings (SSSR count). The molecule has 1 unspecified atom stereocenters. The van der Waals surface area contributed by atoms with Crippen LogP contribution in [0.1, 0.15) is 16.7 Å². The van der Waals surface area contributed by atoms with E-state index in [4.69, 9.17) is 6.42 Å². The lowest BCUT2D eigenvalue weighted by atomic mass is 10.1. The highest BCUT2D eigenvalue weighted by atomic mass is 32.2. The van der Waals surface area contributed by atoms with Gasteiger partial charge in [-0.05, 0) is 35.1 Å². The molecule has 0 radical (unpaired) electrons. The van der Waals surface area contributed by atoms with E-state index in [2.05, 4.69) is 78.9 Å². The van der Waals surface area contributed by atoms with Gasteiger partial charge in [-0.15, -0.1) is 16.9 Å². The van der Waals surface area contributed by atoms with Gasteiger partial charge in [-0.1, -0.05) is 72.2 Å². The van der Waals surface area contributed by atoms with Crippen molar-refractivity contribution in [3.8, 4) is 12.3 Å². The average Bonchev–Trinajstić information content (AvgIpc) is 2.56. The number of hydrogen-bond acceptors (Lipinski definition) is 0. The molecule has 1 heterocycles. The standard InChI is InChI=1S/C21H18S/c1-3-21-14-13-20(19-11-9-17(2)10-12-19)16-22(21)15-18-7-5-4-6-8-18/h1,4-14,16H,15H2,2H3. The maximum absolute atomic E-state index is 5.69. The summed E-state index contributed by atoms with van der Waals surface area (Å²) >= 11 is 0. The van der Waals surface area contributed by atoms with Crippen molar-refractivity contribution in [3.05, 3.63) is 88.3 Å². The number of allylic oxidation sites excluding steroid dienone is 4. The van der Waals surface area contributed by atoms with Crippen molar-refractivity contribution in [2.24, 2.45) is 0 Å². The van der Waals surface area contributed by atoms with Gasteiger partial charge in [-0.25, -0.2) is 0 Å². The molecule has 1 atom stereocenters. The number of benzene rings is 2. The topological polar surface area (TPSA) is 0 Å². The maximum Gasteiger partial charge on any atom is 0.0520 e. The summed E-state index contributed by atoms with van der Waals surface area (Å²) in [7, 11) is -0.0376. The molecule has 1 aliphatic heterocycles. The summed E-state index contributed by atoms with van der Waals surface area (Å²) in [6.45, 7) is 2.11. The summed E-state index contributed by atoms with van der Waals surface area (Å²) in [5, 5.41) is 2.33. The minimum atomic E-state index is -0.0376. The second-order valence-electron chi connectivity index (χ2n) is 5.34. The molecular weight excluding hydrogens is 284 g/mol. The Bertz CT molecular complexity index is 797. The summed E-state index contributed by atoms with van der Waals surface area (Å²) in [5.41, 5.74) is 5.12. The molecular formula is C21H18S. The molecule has 0 bridgehead atoms. The number of aryl methyl sites for hydroxylation is 1. The Morgan fingerprint density at radius 3 is 2.36 bits per heavy atom. The van der Waals surface area contributed by atoms with Gasteiger partial charge >= 0.3 is 0 Å². The zero-order chi connectivity index (χ0) is 15.4. The van der Waals surface area contributed by atoms with E-state index in [-0.39, 0.29) is 10.5 Å². The van der Waals surface area contributed by atoms with Crippen LogP contribution in [0.3, 0.4) is 0 Å². The Morgan fingerprint density at radius 1 is 0.955 bits per heavy atom. The molecule has 108 valence electrons. The first-order chi connectivity index (χ1) is 10.8. The summed E-state index contributed by atoms with van der Waals surface area (Å²) in [4.78, 5) is 1.08. The average molecular weight is 302 g/mol. The molecule has 0 aliphatic carbocycles. The van der Waals surface area contributed by atoms with E-state index in [1.807, 2.05) is 6.07 Å². The third kappa shape index (κ3) is 3.30. The summed E-state index contributed by atoms with van der Waals surface area (Å²) in [6.07, 6.45) is 9.92. The fraction of sp³-hybridized carbons (Fsp3) is 0.0952. The van der Waals surface area contributed by atoms with E-state index < -0.39 is 0 Å². The third-order valence-corrected chi connectivity index (χ3v) is 5.66. The molecule has 0 nitrogen and oxygen atoms in total. The van der Waals surface area contributed by atoms with E-state index in [9.17, 15) is 0 Å². The normalized spacial score (nSPS) is 17.0. The van der Waals surface area contributed by atoms with Crippen LogP contribution < -0.4 is 0 Å². The fourth-order valence-electron chi connectivity index (χ4n) is 2.42. The summed E-state index contributed by atoms with van der Waals surface area (Å²) < 4.78 is 0.